The molecule has 2 rings (SSSR count). The molecule has 0 radical (unpaired) electrons. The van der Waals surface area contributed by atoms with Gasteiger partial charge in [0.05, 0.1) is 12.2 Å². The van der Waals surface area contributed by atoms with Gasteiger partial charge in [-0.15, -0.1) is 0 Å². The number of nitrogens with zero attached hydrogens (tertiary/aromatic N) is 3. The van der Waals surface area contributed by atoms with Crippen LogP contribution >= 0.6 is 0 Å². The largest absolute Gasteiger partial charge is 0.444 e. The smallest absolute Gasteiger partial charge is 0.407 e. The van der Waals surface area contributed by atoms with Crippen LogP contribution in [-0.2, 0) is 4.74 Å². The number of ether oxygens (including phenoxy) is 1. The van der Waals surface area contributed by atoms with E-state index in [1.807, 2.05) is 20.8 Å². The van der Waals surface area contributed by atoms with Gasteiger partial charge in [-0.1, -0.05) is 0 Å². The third-order valence-electron chi connectivity index (χ3n) is 2.48. The molecule has 2 heterocycles. The summed E-state index contributed by atoms with van der Waals surface area (Å²) in [5.41, 5.74) is -0.460. The second kappa shape index (κ2) is 4.80. The fraction of sp³-hybridized carbons (Fsp3) is 0.583. The Kier molecular flexibility index (Phi) is 3.36. The first-order valence-corrected chi connectivity index (χ1v) is 5.94. The number of hydrogen-bond acceptors (Lipinski definition) is 5. The minimum absolute atomic E-state index is 0.113. The summed E-state index contributed by atoms with van der Waals surface area (Å²) in [5, 5.41) is 2.82. The number of carbonyl (C=O) groups is 1. The first-order valence-electron chi connectivity index (χ1n) is 5.94. The predicted molar refractivity (Wildman–Crippen MR) is 67.4 cm³/mol. The summed E-state index contributed by atoms with van der Waals surface area (Å²) in [7, 11) is 0. The Morgan fingerprint density at radius 1 is 1.44 bits per heavy atom. The summed E-state index contributed by atoms with van der Waals surface area (Å²) in [6, 6.07) is 0.113. The summed E-state index contributed by atoms with van der Waals surface area (Å²) in [6.45, 7) is 7.01. The van der Waals surface area contributed by atoms with Crippen molar-refractivity contribution >= 4 is 11.9 Å². The average molecular weight is 250 g/mol. The molecule has 6 heteroatoms. The van der Waals surface area contributed by atoms with E-state index in [-0.39, 0.29) is 12.1 Å². The molecule has 0 aromatic carbocycles. The highest BCUT2D eigenvalue weighted by Crippen LogP contribution is 2.17. The van der Waals surface area contributed by atoms with E-state index in [1.165, 1.54) is 0 Å². The van der Waals surface area contributed by atoms with Gasteiger partial charge in [0.2, 0.25) is 0 Å². The fourth-order valence-corrected chi connectivity index (χ4v) is 1.69. The lowest BCUT2D eigenvalue weighted by atomic mass is 10.1. The van der Waals surface area contributed by atoms with Crippen LogP contribution in [0.2, 0.25) is 0 Å². The average Bonchev–Trinajstić information content (AvgIpc) is 2.21. The van der Waals surface area contributed by atoms with E-state index in [4.69, 9.17) is 4.74 Å². The highest BCUT2D eigenvalue weighted by molar-refractivity contribution is 5.68. The summed E-state index contributed by atoms with van der Waals surface area (Å²) >= 11 is 0. The normalized spacial score (nSPS) is 16.1. The van der Waals surface area contributed by atoms with Crippen molar-refractivity contribution < 1.29 is 9.53 Å². The van der Waals surface area contributed by atoms with Gasteiger partial charge in [-0.05, 0) is 20.8 Å². The topological polar surface area (TPSA) is 67.3 Å². The molecule has 1 aliphatic rings. The van der Waals surface area contributed by atoms with E-state index in [9.17, 15) is 4.79 Å². The van der Waals surface area contributed by atoms with Crippen molar-refractivity contribution in [1.29, 1.82) is 0 Å². The Morgan fingerprint density at radius 3 is 2.72 bits per heavy atom. The maximum Gasteiger partial charge on any atom is 0.407 e. The van der Waals surface area contributed by atoms with Gasteiger partial charge < -0.3 is 15.0 Å². The molecule has 1 N–H and O–H groups in total. The first kappa shape index (κ1) is 12.6. The summed E-state index contributed by atoms with van der Waals surface area (Å²) in [5.74, 6) is 0.833. The van der Waals surface area contributed by atoms with Gasteiger partial charge in [0.1, 0.15) is 11.4 Å². The molecule has 0 aliphatic carbocycles. The van der Waals surface area contributed by atoms with Gasteiger partial charge in [-0.2, -0.15) is 0 Å². The van der Waals surface area contributed by atoms with Gasteiger partial charge in [-0.25, -0.2) is 9.78 Å². The van der Waals surface area contributed by atoms with Crippen LogP contribution in [0.1, 0.15) is 20.8 Å². The van der Waals surface area contributed by atoms with E-state index in [0.29, 0.717) is 0 Å². The van der Waals surface area contributed by atoms with Crippen LogP contribution in [0.3, 0.4) is 0 Å². The zero-order valence-electron chi connectivity index (χ0n) is 10.9. The molecule has 1 aromatic heterocycles. The van der Waals surface area contributed by atoms with Gasteiger partial charge in [-0.3, -0.25) is 4.98 Å². The van der Waals surface area contributed by atoms with E-state index in [0.717, 1.165) is 18.9 Å². The lowest BCUT2D eigenvalue weighted by molar-refractivity contribution is 0.0496. The molecule has 1 saturated heterocycles. The Bertz CT molecular complexity index is 410. The zero-order valence-corrected chi connectivity index (χ0v) is 10.9. The summed E-state index contributed by atoms with van der Waals surface area (Å²) in [4.78, 5) is 21.8. The second-order valence-corrected chi connectivity index (χ2v) is 5.31. The number of amides is 1. The van der Waals surface area contributed by atoms with Crippen LogP contribution in [0.15, 0.2) is 18.6 Å². The highest BCUT2D eigenvalue weighted by atomic mass is 16.6. The van der Waals surface area contributed by atoms with E-state index in [1.54, 1.807) is 18.6 Å². The SMILES string of the molecule is CC(C)(C)OC(=O)NC1CN(c2cnccn2)C1. The maximum atomic E-state index is 11.5. The molecule has 1 aliphatic heterocycles. The van der Waals surface area contributed by atoms with Crippen LogP contribution in [0.25, 0.3) is 0 Å². The number of nitrogens with one attached hydrogen (secondary N) is 1. The third-order valence-corrected chi connectivity index (χ3v) is 2.48. The van der Waals surface area contributed by atoms with E-state index >= 15 is 0 Å². The Morgan fingerprint density at radius 2 is 2.17 bits per heavy atom. The van der Waals surface area contributed by atoms with Crippen molar-refractivity contribution in [3.05, 3.63) is 18.6 Å². The number of hydrogen-bond donors (Lipinski definition) is 1. The monoisotopic (exact) mass is 250 g/mol. The van der Waals surface area contributed by atoms with Gasteiger partial charge in [0, 0.05) is 25.5 Å². The number of anilines is 1. The minimum atomic E-state index is -0.460. The van der Waals surface area contributed by atoms with Crippen LogP contribution in [0, 0.1) is 0 Å². The maximum absolute atomic E-state index is 11.5. The van der Waals surface area contributed by atoms with E-state index < -0.39 is 5.60 Å². The molecule has 18 heavy (non-hydrogen) atoms. The molecule has 98 valence electrons. The molecular formula is C12H18N4O2. The number of rotatable bonds is 2. The van der Waals surface area contributed by atoms with Crippen LogP contribution < -0.4 is 10.2 Å². The first-order chi connectivity index (χ1) is 8.44. The number of alkyl carbamates (subject to hydrolysis) is 1. The van der Waals surface area contributed by atoms with Crippen molar-refractivity contribution in [2.45, 2.75) is 32.4 Å². The van der Waals surface area contributed by atoms with Crippen molar-refractivity contribution in [2.24, 2.45) is 0 Å². The fourth-order valence-electron chi connectivity index (χ4n) is 1.69. The molecule has 1 fully saturated rings. The Hall–Kier alpha value is -1.85. The minimum Gasteiger partial charge on any atom is -0.444 e. The van der Waals surface area contributed by atoms with Gasteiger partial charge in [0.15, 0.2) is 0 Å². The highest BCUT2D eigenvalue weighted by Gasteiger charge is 2.30. The Labute approximate surface area is 106 Å². The standard InChI is InChI=1S/C12H18N4O2/c1-12(2,3)18-11(17)15-9-7-16(8-9)10-6-13-4-5-14-10/h4-6,9H,7-8H2,1-3H3,(H,15,17). The van der Waals surface area contributed by atoms with Gasteiger partial charge in [0.25, 0.3) is 0 Å². The molecule has 0 spiro atoms. The van der Waals surface area contributed by atoms with Crippen molar-refractivity contribution in [2.75, 3.05) is 18.0 Å². The zero-order chi connectivity index (χ0) is 13.2. The molecule has 0 saturated carbocycles. The lowest BCUT2D eigenvalue weighted by Crippen LogP contribution is -2.60. The number of carbonyl (C=O) groups excluding carboxylic acids is 1. The quantitative estimate of drug-likeness (QED) is 0.854. The summed E-state index contributed by atoms with van der Waals surface area (Å²) < 4.78 is 5.19. The summed E-state index contributed by atoms with van der Waals surface area (Å²) in [6.07, 6.45) is 4.64. The molecule has 1 aromatic rings. The van der Waals surface area contributed by atoms with Crippen LogP contribution in [0.4, 0.5) is 10.6 Å². The molecule has 0 unspecified atom stereocenters. The van der Waals surface area contributed by atoms with Gasteiger partial charge >= 0.3 is 6.09 Å². The van der Waals surface area contributed by atoms with Crippen molar-refractivity contribution in [1.82, 2.24) is 15.3 Å². The molecule has 6 nitrogen and oxygen atoms in total. The van der Waals surface area contributed by atoms with E-state index in [2.05, 4.69) is 20.2 Å². The van der Waals surface area contributed by atoms with Crippen LogP contribution in [0.5, 0.6) is 0 Å². The van der Waals surface area contributed by atoms with Crippen molar-refractivity contribution in [3.63, 3.8) is 0 Å². The molecule has 1 amide bonds. The molecule has 0 bridgehead atoms. The van der Waals surface area contributed by atoms with Crippen molar-refractivity contribution in [3.8, 4) is 0 Å². The molecular weight excluding hydrogens is 232 g/mol. The van der Waals surface area contributed by atoms with Crippen LogP contribution in [-0.4, -0.2) is 40.8 Å². The Balaban J connectivity index is 1.75. The molecule has 0 atom stereocenters. The third kappa shape index (κ3) is 3.32. The second-order valence-electron chi connectivity index (χ2n) is 5.31. The predicted octanol–water partition coefficient (Wildman–Crippen LogP) is 1.19. The lowest BCUT2D eigenvalue weighted by Gasteiger charge is -2.40. The number of aromatic nitrogens is 2.